The van der Waals surface area contributed by atoms with Crippen LogP contribution in [0.1, 0.15) is 46.9 Å². The van der Waals surface area contributed by atoms with Gasteiger partial charge in [0.25, 0.3) is 0 Å². The summed E-state index contributed by atoms with van der Waals surface area (Å²) in [4.78, 5) is 47.9. The van der Waals surface area contributed by atoms with E-state index >= 15 is 0 Å². The number of esters is 2. The number of methoxy groups -OCH3 is 4. The highest BCUT2D eigenvalue weighted by atomic mass is 16.7. The third-order valence-corrected chi connectivity index (χ3v) is 10.9. The van der Waals surface area contributed by atoms with Crippen molar-refractivity contribution in [1.29, 1.82) is 0 Å². The van der Waals surface area contributed by atoms with Crippen LogP contribution >= 0.6 is 0 Å². The van der Waals surface area contributed by atoms with Crippen molar-refractivity contribution in [3.63, 3.8) is 0 Å². The maximum absolute atomic E-state index is 13.7. The minimum atomic E-state index is -1.01. The molecule has 0 bridgehead atoms. The Labute approximate surface area is 308 Å². The number of carbonyl (C=O) groups is 3. The van der Waals surface area contributed by atoms with Crippen molar-refractivity contribution >= 4 is 34.7 Å². The lowest BCUT2D eigenvalue weighted by Crippen LogP contribution is -2.52. The zero-order valence-corrected chi connectivity index (χ0v) is 30.8. The molecule has 3 aliphatic rings. The molecule has 1 saturated carbocycles. The summed E-state index contributed by atoms with van der Waals surface area (Å²) < 4.78 is 38.8. The van der Waals surface area contributed by atoms with Crippen LogP contribution in [0.4, 0.5) is 10.5 Å². The summed E-state index contributed by atoms with van der Waals surface area (Å²) in [6.45, 7) is 1.68. The Kier molecular flexibility index (Phi) is 10.1. The number of ether oxygens (including phenoxy) is 7. The third kappa shape index (κ3) is 7.05. The van der Waals surface area contributed by atoms with Gasteiger partial charge in [0.15, 0.2) is 11.5 Å². The van der Waals surface area contributed by atoms with Crippen LogP contribution in [0.15, 0.2) is 54.6 Å². The number of rotatable bonds is 9. The van der Waals surface area contributed by atoms with Crippen LogP contribution < -0.4 is 28.6 Å². The first-order valence-corrected chi connectivity index (χ1v) is 17.7. The second-order valence-corrected chi connectivity index (χ2v) is 14.0. The van der Waals surface area contributed by atoms with Gasteiger partial charge in [0.1, 0.15) is 17.6 Å². The molecule has 2 aliphatic heterocycles. The largest absolute Gasteiger partial charge is 0.519 e. The molecule has 4 aromatic rings. The van der Waals surface area contributed by atoms with Gasteiger partial charge in [0.05, 0.1) is 46.0 Å². The first-order chi connectivity index (χ1) is 25.6. The lowest BCUT2D eigenvalue weighted by molar-refractivity contribution is -0.155. The van der Waals surface area contributed by atoms with Gasteiger partial charge in [-0.15, -0.1) is 0 Å². The Bertz CT molecular complexity index is 2000. The fourth-order valence-corrected chi connectivity index (χ4v) is 8.40. The summed E-state index contributed by atoms with van der Waals surface area (Å²) in [5.74, 6) is 0.0271. The Morgan fingerprint density at radius 2 is 1.62 bits per heavy atom. The van der Waals surface area contributed by atoms with E-state index in [1.54, 1.807) is 25.3 Å². The van der Waals surface area contributed by atoms with Crippen molar-refractivity contribution in [2.24, 2.45) is 17.8 Å². The number of carbonyl (C=O) groups excluding carboxylic acids is 3. The lowest BCUT2D eigenvalue weighted by Gasteiger charge is -2.51. The molecule has 0 radical (unpaired) electrons. The SMILES string of the molecule is COC(=O)C1CC(OC(=O)c2cc(OC)c(OC(=O)Oc3cccc(N(C)C)c3)c(OC)c2)C[C@@H]2CN3CCc4c([nH]c5cc(OC)ccc45)C3C[C@H]12. The van der Waals surface area contributed by atoms with Gasteiger partial charge in [-0.3, -0.25) is 9.69 Å². The summed E-state index contributed by atoms with van der Waals surface area (Å²) in [5.41, 5.74) is 4.56. The zero-order chi connectivity index (χ0) is 37.4. The molecule has 2 fully saturated rings. The van der Waals surface area contributed by atoms with Crippen LogP contribution in [0.5, 0.6) is 28.7 Å². The molecule has 53 heavy (non-hydrogen) atoms. The second-order valence-electron chi connectivity index (χ2n) is 14.0. The molecule has 280 valence electrons. The van der Waals surface area contributed by atoms with Crippen molar-refractivity contribution in [2.45, 2.75) is 37.8 Å². The molecule has 13 heteroatoms. The average Bonchev–Trinajstić information content (AvgIpc) is 3.54. The molecule has 3 unspecified atom stereocenters. The first kappa shape index (κ1) is 36.0. The van der Waals surface area contributed by atoms with Gasteiger partial charge in [0.2, 0.25) is 5.75 Å². The van der Waals surface area contributed by atoms with Crippen molar-refractivity contribution in [3.8, 4) is 28.7 Å². The van der Waals surface area contributed by atoms with E-state index in [-0.39, 0.29) is 52.4 Å². The van der Waals surface area contributed by atoms with Gasteiger partial charge in [-0.1, -0.05) is 6.07 Å². The minimum absolute atomic E-state index is 0.0536. The van der Waals surface area contributed by atoms with Gasteiger partial charge in [-0.25, -0.2) is 9.59 Å². The van der Waals surface area contributed by atoms with Crippen molar-refractivity contribution < 1.29 is 47.5 Å². The maximum Gasteiger partial charge on any atom is 0.519 e. The number of nitrogens with zero attached hydrogens (tertiary/aromatic N) is 2. The fraction of sp³-hybridized carbons (Fsp3) is 0.425. The van der Waals surface area contributed by atoms with E-state index < -0.39 is 24.1 Å². The van der Waals surface area contributed by atoms with Crippen LogP contribution in [-0.2, 0) is 20.7 Å². The molecule has 1 N–H and O–H groups in total. The van der Waals surface area contributed by atoms with Crippen LogP contribution in [0.25, 0.3) is 10.9 Å². The number of hydrogen-bond acceptors (Lipinski definition) is 12. The number of hydrogen-bond donors (Lipinski definition) is 1. The Morgan fingerprint density at radius 1 is 0.849 bits per heavy atom. The summed E-state index contributed by atoms with van der Waals surface area (Å²) in [6.07, 6.45) is 1.13. The molecule has 0 spiro atoms. The van der Waals surface area contributed by atoms with Crippen LogP contribution in [0, 0.1) is 17.8 Å². The highest BCUT2D eigenvalue weighted by molar-refractivity contribution is 5.92. The smallest absolute Gasteiger partial charge is 0.497 e. The molecule has 3 heterocycles. The zero-order valence-electron chi connectivity index (χ0n) is 30.8. The maximum atomic E-state index is 13.7. The first-order valence-electron chi connectivity index (χ1n) is 17.7. The quantitative estimate of drug-likeness (QED) is 0.156. The van der Waals surface area contributed by atoms with E-state index in [0.29, 0.717) is 12.8 Å². The molecular formula is C40H45N3O10. The molecule has 5 atom stereocenters. The standard InChI is InChI=1S/C40H45N3O10/c1-42(2)24-8-7-9-26(17-24)52-40(46)53-37-34(48-4)15-22(16-35(37)49-5)38(44)51-27-14-23-21-43-13-12-29-28-11-10-25(47-3)19-32(28)41-36(29)33(43)20-30(23)31(18-27)39(45)50-6/h7-11,15-17,19,23,27,30-31,33,41H,12-14,18,20-21H2,1-6H3/t23-,27?,30+,31?,33?/m1/s1. The van der Waals surface area contributed by atoms with Crippen molar-refractivity contribution in [3.05, 3.63) is 71.4 Å². The van der Waals surface area contributed by atoms with Crippen molar-refractivity contribution in [2.75, 3.05) is 60.5 Å². The molecule has 1 saturated heterocycles. The average molecular weight is 728 g/mol. The topological polar surface area (TPSA) is 138 Å². The van der Waals surface area contributed by atoms with Gasteiger partial charge in [-0.05, 0) is 79.5 Å². The van der Waals surface area contributed by atoms with Gasteiger partial charge < -0.3 is 43.0 Å². The second kappa shape index (κ2) is 14.9. The number of nitrogens with one attached hydrogen (secondary N) is 1. The number of anilines is 1. The van der Waals surface area contributed by atoms with Crippen LogP contribution in [0.3, 0.4) is 0 Å². The van der Waals surface area contributed by atoms with E-state index in [0.717, 1.165) is 42.9 Å². The summed E-state index contributed by atoms with van der Waals surface area (Å²) in [5, 5.41) is 1.21. The van der Waals surface area contributed by atoms with Crippen LogP contribution in [-0.4, -0.2) is 89.7 Å². The molecule has 13 nitrogen and oxygen atoms in total. The van der Waals surface area contributed by atoms with E-state index in [2.05, 4.69) is 16.0 Å². The monoisotopic (exact) mass is 727 g/mol. The Balaban J connectivity index is 1.07. The van der Waals surface area contributed by atoms with E-state index in [4.69, 9.17) is 33.2 Å². The number of benzene rings is 3. The highest BCUT2D eigenvalue weighted by Gasteiger charge is 2.49. The third-order valence-electron chi connectivity index (χ3n) is 10.9. The number of piperidine rings is 1. The molecule has 3 aromatic carbocycles. The van der Waals surface area contributed by atoms with Gasteiger partial charge in [-0.2, -0.15) is 0 Å². The van der Waals surface area contributed by atoms with E-state index in [1.165, 1.54) is 50.1 Å². The summed E-state index contributed by atoms with van der Waals surface area (Å²) >= 11 is 0. The normalized spacial score (nSPS) is 22.0. The van der Waals surface area contributed by atoms with Gasteiger partial charge in [0, 0.05) is 61.6 Å². The number of aromatic amines is 1. The number of aromatic nitrogens is 1. The molecular weight excluding hydrogens is 682 g/mol. The van der Waals surface area contributed by atoms with E-state index in [9.17, 15) is 14.4 Å². The summed E-state index contributed by atoms with van der Waals surface area (Å²) in [6, 6.07) is 16.1. The van der Waals surface area contributed by atoms with Gasteiger partial charge >= 0.3 is 18.1 Å². The lowest BCUT2D eigenvalue weighted by atomic mass is 9.65. The fourth-order valence-electron chi connectivity index (χ4n) is 8.40. The van der Waals surface area contributed by atoms with E-state index in [1.807, 2.05) is 37.2 Å². The molecule has 1 aliphatic carbocycles. The number of H-pyrrole nitrogens is 1. The van der Waals surface area contributed by atoms with Crippen LogP contribution in [0.2, 0.25) is 0 Å². The highest BCUT2D eigenvalue weighted by Crippen LogP contribution is 2.50. The predicted octanol–water partition coefficient (Wildman–Crippen LogP) is 6.18. The summed E-state index contributed by atoms with van der Waals surface area (Å²) in [7, 11) is 9.60. The Morgan fingerprint density at radius 3 is 2.32 bits per heavy atom. The Hall–Kier alpha value is -5.43. The molecule has 7 rings (SSSR count). The molecule has 1 aromatic heterocycles. The van der Waals surface area contributed by atoms with Crippen molar-refractivity contribution in [1.82, 2.24) is 9.88 Å². The minimum Gasteiger partial charge on any atom is -0.497 e. The molecule has 0 amide bonds. The predicted molar refractivity (Wildman–Crippen MR) is 195 cm³/mol. The number of fused-ring (bicyclic) bond motifs is 6.